The number of hydrogen-bond donors (Lipinski definition) is 1. The van der Waals surface area contributed by atoms with Crippen LogP contribution in [-0.4, -0.2) is 0 Å². The second-order valence-electron chi connectivity index (χ2n) is 4.45. The van der Waals surface area contributed by atoms with E-state index < -0.39 is 0 Å². The number of hydrogen-bond acceptors (Lipinski definition) is 1. The topological polar surface area (TPSA) is 26.0 Å². The van der Waals surface area contributed by atoms with E-state index in [1.807, 2.05) is 0 Å². The summed E-state index contributed by atoms with van der Waals surface area (Å²) in [5.74, 6) is 0. The van der Waals surface area contributed by atoms with Gasteiger partial charge in [-0.15, -0.1) is 0 Å². The highest BCUT2D eigenvalue weighted by molar-refractivity contribution is 9.10. The van der Waals surface area contributed by atoms with Gasteiger partial charge in [-0.1, -0.05) is 33.6 Å². The first-order valence-corrected chi connectivity index (χ1v) is 5.88. The smallest absolute Gasteiger partial charge is 0.0421 e. The molecule has 0 heterocycles. The van der Waals surface area contributed by atoms with Crippen molar-refractivity contribution < 1.29 is 0 Å². The molecule has 0 unspecified atom stereocenters. The summed E-state index contributed by atoms with van der Waals surface area (Å²) in [4.78, 5) is 0. The Kier molecular flexibility index (Phi) is 2.44. The fourth-order valence-corrected chi connectivity index (χ4v) is 2.76. The summed E-state index contributed by atoms with van der Waals surface area (Å²) in [6.45, 7) is 4.26. The van der Waals surface area contributed by atoms with Crippen LogP contribution < -0.4 is 5.73 Å². The molecule has 1 aromatic rings. The average molecular weight is 254 g/mol. The lowest BCUT2D eigenvalue weighted by Gasteiger charge is -2.39. The highest BCUT2D eigenvalue weighted by Crippen LogP contribution is 2.42. The molecule has 2 rings (SSSR count). The molecule has 0 aromatic heterocycles. The average Bonchev–Trinajstić information content (AvgIpc) is 2.07. The molecule has 0 bridgehead atoms. The van der Waals surface area contributed by atoms with Crippen LogP contribution in [0.2, 0.25) is 0 Å². The molecule has 1 aliphatic carbocycles. The van der Waals surface area contributed by atoms with Gasteiger partial charge in [0.2, 0.25) is 0 Å². The summed E-state index contributed by atoms with van der Waals surface area (Å²) >= 11 is 3.64. The molecule has 1 aliphatic rings. The summed E-state index contributed by atoms with van der Waals surface area (Å²) in [6, 6.07) is 4.41. The van der Waals surface area contributed by atoms with E-state index in [1.54, 1.807) is 0 Å². The van der Waals surface area contributed by atoms with Gasteiger partial charge in [0.15, 0.2) is 0 Å². The van der Waals surface area contributed by atoms with E-state index in [1.165, 1.54) is 27.6 Å². The van der Waals surface area contributed by atoms with E-state index in [9.17, 15) is 0 Å². The monoisotopic (exact) mass is 253 g/mol. The minimum atomic E-state index is -0.0599. The van der Waals surface area contributed by atoms with Gasteiger partial charge in [0, 0.05) is 10.0 Å². The van der Waals surface area contributed by atoms with Crippen molar-refractivity contribution in [2.24, 2.45) is 5.73 Å². The van der Waals surface area contributed by atoms with Crippen LogP contribution in [0.25, 0.3) is 0 Å². The van der Waals surface area contributed by atoms with Gasteiger partial charge in [-0.25, -0.2) is 0 Å². The lowest BCUT2D eigenvalue weighted by atomic mass is 9.72. The first-order chi connectivity index (χ1) is 6.53. The third-order valence-corrected chi connectivity index (χ3v) is 4.23. The van der Waals surface area contributed by atoms with Gasteiger partial charge in [0.25, 0.3) is 0 Å². The van der Waals surface area contributed by atoms with E-state index >= 15 is 0 Å². The molecule has 76 valence electrons. The van der Waals surface area contributed by atoms with Crippen LogP contribution in [0.5, 0.6) is 0 Å². The maximum absolute atomic E-state index is 6.33. The molecule has 1 aromatic carbocycles. The highest BCUT2D eigenvalue weighted by atomic mass is 79.9. The Morgan fingerprint density at radius 1 is 1.29 bits per heavy atom. The van der Waals surface area contributed by atoms with Crippen molar-refractivity contribution in [2.45, 2.75) is 38.6 Å². The van der Waals surface area contributed by atoms with Crippen molar-refractivity contribution in [3.63, 3.8) is 0 Å². The molecule has 14 heavy (non-hydrogen) atoms. The van der Waals surface area contributed by atoms with E-state index in [0.29, 0.717) is 0 Å². The minimum Gasteiger partial charge on any atom is -0.321 e. The maximum Gasteiger partial charge on any atom is 0.0421 e. The molecule has 0 spiro atoms. The van der Waals surface area contributed by atoms with Gasteiger partial charge in [-0.3, -0.25) is 0 Å². The molecule has 1 fully saturated rings. The van der Waals surface area contributed by atoms with Crippen molar-refractivity contribution in [3.05, 3.63) is 33.3 Å². The third-order valence-electron chi connectivity index (χ3n) is 3.18. The molecule has 0 atom stereocenters. The van der Waals surface area contributed by atoms with Crippen LogP contribution >= 0.6 is 15.9 Å². The molecular weight excluding hydrogens is 238 g/mol. The van der Waals surface area contributed by atoms with Crippen LogP contribution in [-0.2, 0) is 5.54 Å². The zero-order valence-electron chi connectivity index (χ0n) is 8.73. The summed E-state index contributed by atoms with van der Waals surface area (Å²) in [7, 11) is 0. The Morgan fingerprint density at radius 2 is 1.93 bits per heavy atom. The summed E-state index contributed by atoms with van der Waals surface area (Å²) in [5, 5.41) is 0. The second-order valence-corrected chi connectivity index (χ2v) is 5.25. The molecule has 0 saturated heterocycles. The molecule has 1 saturated carbocycles. The Hall–Kier alpha value is -0.340. The molecule has 0 aliphatic heterocycles. The standard InChI is InChI=1S/C12H16BrN/c1-8-6-9(2)11(13)10(7-8)12(14)4-3-5-12/h6-7H,3-5,14H2,1-2H3. The molecule has 0 amide bonds. The maximum atomic E-state index is 6.33. The van der Waals surface area contributed by atoms with Gasteiger partial charge in [-0.2, -0.15) is 0 Å². The first kappa shape index (κ1) is 10.2. The zero-order valence-corrected chi connectivity index (χ0v) is 10.3. The van der Waals surface area contributed by atoms with Gasteiger partial charge < -0.3 is 5.73 Å². The number of nitrogens with two attached hydrogens (primary N) is 1. The van der Waals surface area contributed by atoms with Gasteiger partial charge in [-0.05, 0) is 44.2 Å². The number of halogens is 1. The fourth-order valence-electron chi connectivity index (χ4n) is 2.14. The number of benzene rings is 1. The summed E-state index contributed by atoms with van der Waals surface area (Å²) in [6.07, 6.45) is 3.50. The van der Waals surface area contributed by atoms with Crippen LogP contribution in [0.3, 0.4) is 0 Å². The van der Waals surface area contributed by atoms with Gasteiger partial charge in [0.1, 0.15) is 0 Å². The van der Waals surface area contributed by atoms with Crippen molar-refractivity contribution >= 4 is 15.9 Å². The molecular formula is C12H16BrN. The van der Waals surface area contributed by atoms with Crippen molar-refractivity contribution in [1.82, 2.24) is 0 Å². The molecule has 2 heteroatoms. The van der Waals surface area contributed by atoms with E-state index in [2.05, 4.69) is 41.9 Å². The third kappa shape index (κ3) is 1.51. The SMILES string of the molecule is Cc1cc(C)c(Br)c(C2(N)CCC2)c1. The lowest BCUT2D eigenvalue weighted by molar-refractivity contribution is 0.252. The Bertz CT molecular complexity index is 367. The normalized spacial score (nSPS) is 19.1. The lowest BCUT2D eigenvalue weighted by Crippen LogP contribution is -2.43. The minimum absolute atomic E-state index is 0.0599. The Labute approximate surface area is 93.8 Å². The van der Waals surface area contributed by atoms with Gasteiger partial charge >= 0.3 is 0 Å². The van der Waals surface area contributed by atoms with Gasteiger partial charge in [0.05, 0.1) is 0 Å². The first-order valence-electron chi connectivity index (χ1n) is 5.09. The van der Waals surface area contributed by atoms with Crippen LogP contribution in [0.4, 0.5) is 0 Å². The van der Waals surface area contributed by atoms with Crippen molar-refractivity contribution in [3.8, 4) is 0 Å². The van der Waals surface area contributed by atoms with Crippen LogP contribution in [0, 0.1) is 13.8 Å². The van der Waals surface area contributed by atoms with E-state index in [0.717, 1.165) is 12.8 Å². The van der Waals surface area contributed by atoms with E-state index in [-0.39, 0.29) is 5.54 Å². The van der Waals surface area contributed by atoms with Crippen molar-refractivity contribution in [1.29, 1.82) is 0 Å². The summed E-state index contributed by atoms with van der Waals surface area (Å²) < 4.78 is 1.20. The highest BCUT2D eigenvalue weighted by Gasteiger charge is 2.36. The largest absolute Gasteiger partial charge is 0.321 e. The number of rotatable bonds is 1. The second kappa shape index (κ2) is 3.35. The predicted molar refractivity (Wildman–Crippen MR) is 63.3 cm³/mol. The predicted octanol–water partition coefficient (Wildman–Crippen LogP) is 3.40. The Balaban J connectivity index is 2.51. The quantitative estimate of drug-likeness (QED) is 0.816. The molecule has 1 nitrogen and oxygen atoms in total. The molecule has 2 N–H and O–H groups in total. The molecule has 0 radical (unpaired) electrons. The Morgan fingerprint density at radius 3 is 2.43 bits per heavy atom. The number of aryl methyl sites for hydroxylation is 2. The summed E-state index contributed by atoms with van der Waals surface area (Å²) in [5.41, 5.74) is 10.2. The zero-order chi connectivity index (χ0) is 10.3. The van der Waals surface area contributed by atoms with E-state index in [4.69, 9.17) is 5.73 Å². The van der Waals surface area contributed by atoms with Crippen LogP contribution in [0.1, 0.15) is 36.0 Å². The fraction of sp³-hybridized carbons (Fsp3) is 0.500. The van der Waals surface area contributed by atoms with Crippen molar-refractivity contribution in [2.75, 3.05) is 0 Å². The van der Waals surface area contributed by atoms with Crippen LogP contribution in [0.15, 0.2) is 16.6 Å².